The molecule has 0 aliphatic carbocycles. The number of halogens is 1. The van der Waals surface area contributed by atoms with E-state index in [0.717, 1.165) is 12.5 Å². The predicted molar refractivity (Wildman–Crippen MR) is 66.0 cm³/mol. The molecule has 6 heteroatoms. The Hall–Kier alpha value is -1.95. The molecule has 0 unspecified atom stereocenters. The van der Waals surface area contributed by atoms with Crippen molar-refractivity contribution in [3.8, 4) is 0 Å². The lowest BCUT2D eigenvalue weighted by molar-refractivity contribution is 0.0601. The van der Waals surface area contributed by atoms with Gasteiger partial charge in [0.15, 0.2) is 6.29 Å². The smallest absolute Gasteiger partial charge is 0.339 e. The molecule has 102 valence electrons. The molecule has 5 nitrogen and oxygen atoms in total. The van der Waals surface area contributed by atoms with Gasteiger partial charge in [0.25, 0.3) is 0 Å². The van der Waals surface area contributed by atoms with Gasteiger partial charge in [0, 0.05) is 6.61 Å². The summed E-state index contributed by atoms with van der Waals surface area (Å²) in [6, 6.07) is 2.34. The van der Waals surface area contributed by atoms with Gasteiger partial charge >= 0.3 is 5.97 Å². The third kappa shape index (κ3) is 2.90. The summed E-state index contributed by atoms with van der Waals surface area (Å²) in [5.41, 5.74) is 0.275. The van der Waals surface area contributed by atoms with Crippen molar-refractivity contribution in [2.45, 2.75) is 12.5 Å². The minimum Gasteiger partial charge on any atom is -0.465 e. The minimum absolute atomic E-state index is 0.0184. The summed E-state index contributed by atoms with van der Waals surface area (Å²) < 4.78 is 23.5. The molecular formula is C13H14FNO4. The number of carbonyl (C=O) groups is 2. The molecule has 0 radical (unpaired) electrons. The molecule has 1 aliphatic heterocycles. The van der Waals surface area contributed by atoms with Crippen LogP contribution in [0.2, 0.25) is 0 Å². The van der Waals surface area contributed by atoms with Gasteiger partial charge < -0.3 is 14.8 Å². The highest BCUT2D eigenvalue weighted by molar-refractivity contribution is 5.97. The van der Waals surface area contributed by atoms with Gasteiger partial charge in [-0.05, 0) is 18.6 Å². The molecule has 19 heavy (non-hydrogen) atoms. The number of anilines is 1. The van der Waals surface area contributed by atoms with E-state index >= 15 is 0 Å². The van der Waals surface area contributed by atoms with E-state index in [1.54, 1.807) is 0 Å². The first-order valence-corrected chi connectivity index (χ1v) is 5.87. The Morgan fingerprint density at radius 2 is 2.37 bits per heavy atom. The van der Waals surface area contributed by atoms with E-state index in [4.69, 9.17) is 4.74 Å². The van der Waals surface area contributed by atoms with E-state index in [2.05, 4.69) is 10.1 Å². The first-order valence-electron chi connectivity index (χ1n) is 5.87. The number of esters is 1. The Morgan fingerprint density at radius 1 is 1.58 bits per heavy atom. The Bertz CT molecular complexity index is 498. The average molecular weight is 267 g/mol. The molecule has 0 aromatic heterocycles. The van der Waals surface area contributed by atoms with Crippen LogP contribution in [-0.4, -0.2) is 38.6 Å². The lowest BCUT2D eigenvalue weighted by Gasteiger charge is -2.16. The number of nitrogens with one attached hydrogen (secondary N) is 1. The van der Waals surface area contributed by atoms with E-state index < -0.39 is 11.8 Å². The van der Waals surface area contributed by atoms with Gasteiger partial charge in [-0.3, -0.25) is 4.79 Å². The van der Waals surface area contributed by atoms with Crippen LogP contribution in [0.3, 0.4) is 0 Å². The zero-order chi connectivity index (χ0) is 13.8. The maximum atomic E-state index is 13.6. The summed E-state index contributed by atoms with van der Waals surface area (Å²) in [6.07, 6.45) is 1.14. The third-order valence-electron chi connectivity index (χ3n) is 2.96. The number of hydrogen-bond donors (Lipinski definition) is 1. The number of benzene rings is 1. The second-order valence-corrected chi connectivity index (χ2v) is 4.23. The van der Waals surface area contributed by atoms with Crippen LogP contribution in [0.4, 0.5) is 10.1 Å². The zero-order valence-corrected chi connectivity index (χ0v) is 10.4. The molecule has 1 fully saturated rings. The van der Waals surface area contributed by atoms with Crippen molar-refractivity contribution in [3.63, 3.8) is 0 Å². The van der Waals surface area contributed by atoms with Crippen molar-refractivity contribution >= 4 is 17.9 Å². The summed E-state index contributed by atoms with van der Waals surface area (Å²) in [4.78, 5) is 22.4. The molecule has 1 aromatic carbocycles. The van der Waals surface area contributed by atoms with Crippen molar-refractivity contribution in [3.05, 3.63) is 29.1 Å². The molecule has 1 N–H and O–H groups in total. The normalized spacial score (nSPS) is 18.1. The quantitative estimate of drug-likeness (QED) is 0.663. The van der Waals surface area contributed by atoms with Crippen LogP contribution in [0, 0.1) is 5.82 Å². The van der Waals surface area contributed by atoms with Gasteiger partial charge in [0.05, 0.1) is 36.6 Å². The van der Waals surface area contributed by atoms with Crippen LogP contribution in [0.15, 0.2) is 12.1 Å². The molecular weight excluding hydrogens is 253 g/mol. The fourth-order valence-corrected chi connectivity index (χ4v) is 1.95. The molecule has 1 heterocycles. The lowest BCUT2D eigenvalue weighted by Crippen LogP contribution is -2.21. The van der Waals surface area contributed by atoms with Gasteiger partial charge in [-0.2, -0.15) is 0 Å². The first kappa shape index (κ1) is 13.5. The summed E-state index contributed by atoms with van der Waals surface area (Å²) in [5, 5.41) is 3.04. The molecule has 0 bridgehead atoms. The standard InChI is InChI=1S/C13H14FNO4/c1-18-13(17)10-4-8(6-16)11(14)5-12(10)15-9-2-3-19-7-9/h4-6,9,15H,2-3,7H2,1H3/t9-/m1/s1. The van der Waals surface area contributed by atoms with Crippen LogP contribution >= 0.6 is 0 Å². The number of rotatable bonds is 4. The number of methoxy groups -OCH3 is 1. The highest BCUT2D eigenvalue weighted by Crippen LogP contribution is 2.23. The van der Waals surface area contributed by atoms with E-state index in [1.165, 1.54) is 13.2 Å². The van der Waals surface area contributed by atoms with Crippen molar-refractivity contribution < 1.29 is 23.5 Å². The van der Waals surface area contributed by atoms with Crippen molar-refractivity contribution in [2.75, 3.05) is 25.6 Å². The van der Waals surface area contributed by atoms with Crippen molar-refractivity contribution in [1.29, 1.82) is 0 Å². The molecule has 0 saturated carbocycles. The third-order valence-corrected chi connectivity index (χ3v) is 2.96. The largest absolute Gasteiger partial charge is 0.465 e. The predicted octanol–water partition coefficient (Wildman–Crippen LogP) is 1.63. The van der Waals surface area contributed by atoms with Gasteiger partial charge in [0.1, 0.15) is 5.82 Å². The highest BCUT2D eigenvalue weighted by atomic mass is 19.1. The van der Waals surface area contributed by atoms with Gasteiger partial charge in [-0.25, -0.2) is 9.18 Å². The van der Waals surface area contributed by atoms with Crippen molar-refractivity contribution in [1.82, 2.24) is 0 Å². The molecule has 0 amide bonds. The van der Waals surface area contributed by atoms with E-state index in [9.17, 15) is 14.0 Å². The molecule has 1 atom stereocenters. The molecule has 1 aliphatic rings. The zero-order valence-electron chi connectivity index (χ0n) is 10.4. The fourth-order valence-electron chi connectivity index (χ4n) is 1.95. The Labute approximate surface area is 109 Å². The minimum atomic E-state index is -0.677. The number of carbonyl (C=O) groups excluding carboxylic acids is 2. The summed E-state index contributed by atoms with van der Waals surface area (Å²) in [7, 11) is 1.23. The second kappa shape index (κ2) is 5.79. The average Bonchev–Trinajstić information content (AvgIpc) is 2.91. The SMILES string of the molecule is COC(=O)c1cc(C=O)c(F)cc1N[C@@H]1CCOC1. The van der Waals surface area contributed by atoms with Gasteiger partial charge in [0.2, 0.25) is 0 Å². The maximum Gasteiger partial charge on any atom is 0.339 e. The lowest BCUT2D eigenvalue weighted by atomic mass is 10.1. The number of ether oxygens (including phenoxy) is 2. The maximum absolute atomic E-state index is 13.6. The number of hydrogen-bond acceptors (Lipinski definition) is 5. The topological polar surface area (TPSA) is 64.6 Å². The van der Waals surface area contributed by atoms with E-state index in [0.29, 0.717) is 25.2 Å². The van der Waals surface area contributed by atoms with Gasteiger partial charge in [-0.1, -0.05) is 0 Å². The van der Waals surface area contributed by atoms with Crippen LogP contribution in [0.25, 0.3) is 0 Å². The van der Waals surface area contributed by atoms with Crippen LogP contribution in [0.1, 0.15) is 27.1 Å². The molecule has 1 aromatic rings. The Balaban J connectivity index is 2.35. The van der Waals surface area contributed by atoms with E-state index in [1.807, 2.05) is 0 Å². The molecule has 1 saturated heterocycles. The summed E-state index contributed by atoms with van der Waals surface area (Å²) >= 11 is 0. The first-order chi connectivity index (χ1) is 9.15. The summed E-state index contributed by atoms with van der Waals surface area (Å²) in [5.74, 6) is -1.30. The number of aldehydes is 1. The molecule has 2 rings (SSSR count). The van der Waals surface area contributed by atoms with Crippen LogP contribution < -0.4 is 5.32 Å². The Kier molecular flexibility index (Phi) is 4.11. The van der Waals surface area contributed by atoms with E-state index in [-0.39, 0.29) is 17.2 Å². The van der Waals surface area contributed by atoms with Gasteiger partial charge in [-0.15, -0.1) is 0 Å². The monoisotopic (exact) mass is 267 g/mol. The van der Waals surface area contributed by atoms with Crippen LogP contribution in [0.5, 0.6) is 0 Å². The van der Waals surface area contributed by atoms with Crippen molar-refractivity contribution in [2.24, 2.45) is 0 Å². The fraction of sp³-hybridized carbons (Fsp3) is 0.385. The summed E-state index contributed by atoms with van der Waals surface area (Å²) in [6.45, 7) is 1.12. The van der Waals surface area contributed by atoms with Crippen LogP contribution in [-0.2, 0) is 9.47 Å². The Morgan fingerprint density at radius 3 is 2.95 bits per heavy atom. The second-order valence-electron chi connectivity index (χ2n) is 4.23. The molecule has 0 spiro atoms. The highest BCUT2D eigenvalue weighted by Gasteiger charge is 2.21.